The molecule has 0 heterocycles. The molecule has 2 bridgehead atoms. The van der Waals surface area contributed by atoms with Crippen molar-refractivity contribution in [1.82, 2.24) is 4.90 Å². The van der Waals surface area contributed by atoms with Crippen LogP contribution in [-0.2, 0) is 0 Å². The Labute approximate surface area is 174 Å². The van der Waals surface area contributed by atoms with Crippen LogP contribution in [0.5, 0.6) is 0 Å². The molecule has 2 aromatic rings. The van der Waals surface area contributed by atoms with Crippen molar-refractivity contribution in [3.63, 3.8) is 0 Å². The standard InChI is InChI=1S/C22H25N3O5/c1-23(2)22-11-18(14-3-7-16(8-4-14)24(27)28)21(20(26)13-22)19(12-22)15-5-9-17(10-6-15)25(29)30/h3-10,18-21,26H,11-13H2,1-2H3/t18-,19-,20-,21?,22?/m0/s1. The summed E-state index contributed by atoms with van der Waals surface area (Å²) in [6.07, 6.45) is 1.89. The van der Waals surface area contributed by atoms with Gasteiger partial charge >= 0.3 is 0 Å². The summed E-state index contributed by atoms with van der Waals surface area (Å²) >= 11 is 0. The maximum atomic E-state index is 11.1. The van der Waals surface area contributed by atoms with Gasteiger partial charge in [-0.1, -0.05) is 24.3 Å². The van der Waals surface area contributed by atoms with Gasteiger partial charge in [0.2, 0.25) is 0 Å². The number of nitro benzene ring substituents is 2. The van der Waals surface area contributed by atoms with E-state index in [-0.39, 0.29) is 34.7 Å². The smallest absolute Gasteiger partial charge is 0.269 e. The van der Waals surface area contributed by atoms with Gasteiger partial charge in [0.15, 0.2) is 0 Å². The molecule has 1 N–H and O–H groups in total. The fraction of sp³-hybridized carbons (Fsp3) is 0.455. The fourth-order valence-electron chi connectivity index (χ4n) is 5.60. The summed E-state index contributed by atoms with van der Waals surface area (Å²) in [7, 11) is 4.05. The molecule has 2 aromatic carbocycles. The molecule has 158 valence electrons. The Morgan fingerprint density at radius 2 is 1.23 bits per heavy atom. The molecule has 3 atom stereocenters. The average Bonchev–Trinajstić information content (AvgIpc) is 2.73. The molecule has 30 heavy (non-hydrogen) atoms. The van der Waals surface area contributed by atoms with Gasteiger partial charge in [-0.2, -0.15) is 0 Å². The van der Waals surface area contributed by atoms with E-state index < -0.39 is 16.0 Å². The maximum absolute atomic E-state index is 11.1. The second kappa shape index (κ2) is 7.45. The van der Waals surface area contributed by atoms with E-state index >= 15 is 0 Å². The van der Waals surface area contributed by atoms with Crippen LogP contribution in [0, 0.1) is 26.1 Å². The molecule has 0 aromatic heterocycles. The summed E-state index contributed by atoms with van der Waals surface area (Å²) in [5.74, 6) is 0.0477. The first-order valence-electron chi connectivity index (χ1n) is 10.1. The fourth-order valence-corrected chi connectivity index (χ4v) is 5.60. The van der Waals surface area contributed by atoms with Gasteiger partial charge < -0.3 is 10.0 Å². The van der Waals surface area contributed by atoms with E-state index in [1.165, 1.54) is 24.3 Å². The van der Waals surface area contributed by atoms with Crippen molar-refractivity contribution < 1.29 is 15.0 Å². The molecular weight excluding hydrogens is 386 g/mol. The van der Waals surface area contributed by atoms with Crippen molar-refractivity contribution >= 4 is 11.4 Å². The van der Waals surface area contributed by atoms with Crippen molar-refractivity contribution in [3.05, 3.63) is 79.9 Å². The summed E-state index contributed by atoms with van der Waals surface area (Å²) in [4.78, 5) is 23.4. The van der Waals surface area contributed by atoms with E-state index in [2.05, 4.69) is 4.90 Å². The lowest BCUT2D eigenvalue weighted by Crippen LogP contribution is -2.60. The number of fused-ring (bicyclic) bond motifs is 3. The van der Waals surface area contributed by atoms with Gasteiger partial charge in [0.1, 0.15) is 0 Å². The molecule has 0 saturated heterocycles. The Hall–Kier alpha value is -2.84. The molecule has 3 aliphatic carbocycles. The zero-order valence-electron chi connectivity index (χ0n) is 17.0. The summed E-state index contributed by atoms with van der Waals surface area (Å²) in [5, 5.41) is 33.2. The molecule has 8 heteroatoms. The number of nitrogens with zero attached hydrogens (tertiary/aromatic N) is 3. The van der Waals surface area contributed by atoms with Gasteiger partial charge in [-0.3, -0.25) is 20.2 Å². The van der Waals surface area contributed by atoms with Crippen LogP contribution in [0.15, 0.2) is 48.5 Å². The second-order valence-corrected chi connectivity index (χ2v) is 8.79. The highest BCUT2D eigenvalue weighted by atomic mass is 16.6. The average molecular weight is 411 g/mol. The number of non-ortho nitro benzene ring substituents is 2. The van der Waals surface area contributed by atoms with Crippen molar-refractivity contribution in [1.29, 1.82) is 0 Å². The quantitative estimate of drug-likeness (QED) is 0.591. The highest BCUT2D eigenvalue weighted by Gasteiger charge is 2.56. The first kappa shape index (κ1) is 20.4. The lowest BCUT2D eigenvalue weighted by atomic mass is 9.52. The third kappa shape index (κ3) is 3.36. The molecule has 0 spiro atoms. The molecule has 3 saturated carbocycles. The highest BCUT2D eigenvalue weighted by Crippen LogP contribution is 2.59. The zero-order chi connectivity index (χ0) is 21.6. The lowest BCUT2D eigenvalue weighted by molar-refractivity contribution is -0.385. The third-order valence-corrected chi connectivity index (χ3v) is 7.18. The van der Waals surface area contributed by atoms with E-state index in [0.29, 0.717) is 6.42 Å². The van der Waals surface area contributed by atoms with Crippen molar-refractivity contribution in [3.8, 4) is 0 Å². The minimum Gasteiger partial charge on any atom is -0.393 e. The van der Waals surface area contributed by atoms with Gasteiger partial charge in [-0.05, 0) is 62.2 Å². The SMILES string of the molecule is CN(C)C12C[C@H](O)C([C@H](c3ccc([N+](=O)[O-])cc3)C1)[C@H](c1ccc([N+](=O)[O-])cc1)C2. The van der Waals surface area contributed by atoms with E-state index in [1.54, 1.807) is 24.3 Å². The van der Waals surface area contributed by atoms with E-state index in [0.717, 1.165) is 24.0 Å². The number of hydrogen-bond acceptors (Lipinski definition) is 6. The van der Waals surface area contributed by atoms with Crippen LogP contribution in [0.3, 0.4) is 0 Å². The zero-order valence-corrected chi connectivity index (χ0v) is 17.0. The van der Waals surface area contributed by atoms with E-state index in [4.69, 9.17) is 0 Å². The van der Waals surface area contributed by atoms with Gasteiger partial charge in [-0.25, -0.2) is 0 Å². The Kier molecular flexibility index (Phi) is 5.07. The van der Waals surface area contributed by atoms with Crippen LogP contribution in [0.1, 0.15) is 42.2 Å². The number of benzene rings is 2. The maximum Gasteiger partial charge on any atom is 0.269 e. The molecule has 0 radical (unpaired) electrons. The molecule has 0 unspecified atom stereocenters. The molecule has 3 aliphatic rings. The number of nitro groups is 2. The Morgan fingerprint density at radius 1 is 0.833 bits per heavy atom. The summed E-state index contributed by atoms with van der Waals surface area (Å²) < 4.78 is 0. The van der Waals surface area contributed by atoms with Crippen LogP contribution in [0.25, 0.3) is 0 Å². The topological polar surface area (TPSA) is 110 Å². The van der Waals surface area contributed by atoms with Crippen molar-refractivity contribution in [2.75, 3.05) is 14.1 Å². The van der Waals surface area contributed by atoms with Gasteiger partial charge in [0, 0.05) is 29.8 Å². The first-order valence-corrected chi connectivity index (χ1v) is 10.1. The second-order valence-electron chi connectivity index (χ2n) is 8.79. The van der Waals surface area contributed by atoms with Crippen LogP contribution in [-0.4, -0.2) is 45.6 Å². The molecule has 3 fully saturated rings. The van der Waals surface area contributed by atoms with Crippen LogP contribution in [0.4, 0.5) is 11.4 Å². The van der Waals surface area contributed by atoms with E-state index in [1.807, 2.05) is 14.1 Å². The largest absolute Gasteiger partial charge is 0.393 e. The summed E-state index contributed by atoms with van der Waals surface area (Å²) in [5.41, 5.74) is 1.88. The number of aliphatic hydroxyl groups excluding tert-OH is 1. The van der Waals surface area contributed by atoms with Crippen molar-refractivity contribution in [2.24, 2.45) is 5.92 Å². The Bertz CT molecular complexity index is 890. The number of rotatable bonds is 5. The van der Waals surface area contributed by atoms with Gasteiger partial charge in [-0.15, -0.1) is 0 Å². The Balaban J connectivity index is 1.74. The predicted octanol–water partition coefficient (Wildman–Crippen LogP) is 3.85. The van der Waals surface area contributed by atoms with Crippen molar-refractivity contribution in [2.45, 2.75) is 42.7 Å². The summed E-state index contributed by atoms with van der Waals surface area (Å²) in [6, 6.07) is 13.3. The Morgan fingerprint density at radius 3 is 1.57 bits per heavy atom. The molecule has 0 aliphatic heterocycles. The monoisotopic (exact) mass is 411 g/mol. The van der Waals surface area contributed by atoms with Gasteiger partial charge in [0.05, 0.1) is 16.0 Å². The van der Waals surface area contributed by atoms with E-state index in [9.17, 15) is 25.3 Å². The molecule has 5 rings (SSSR count). The third-order valence-electron chi connectivity index (χ3n) is 7.18. The predicted molar refractivity (Wildman–Crippen MR) is 111 cm³/mol. The first-order chi connectivity index (χ1) is 14.2. The lowest BCUT2D eigenvalue weighted by Gasteiger charge is -2.59. The normalized spacial score (nSPS) is 30.4. The minimum atomic E-state index is -0.518. The minimum absolute atomic E-state index is 0.0465. The molecule has 0 amide bonds. The van der Waals surface area contributed by atoms with Gasteiger partial charge in [0.25, 0.3) is 11.4 Å². The highest BCUT2D eigenvalue weighted by molar-refractivity contribution is 5.40. The molecule has 8 nitrogen and oxygen atoms in total. The molecular formula is C22H25N3O5. The number of hydrogen-bond donors (Lipinski definition) is 1. The number of aliphatic hydroxyl groups is 1. The van der Waals surface area contributed by atoms with Crippen LogP contribution >= 0.6 is 0 Å². The summed E-state index contributed by atoms with van der Waals surface area (Å²) in [6.45, 7) is 0. The van der Waals surface area contributed by atoms with Crippen LogP contribution < -0.4 is 0 Å². The van der Waals surface area contributed by atoms with Crippen LogP contribution in [0.2, 0.25) is 0 Å².